The minimum Gasteiger partial charge on any atom is -0.356 e. The molecule has 5 rings (SSSR count). The zero-order valence-corrected chi connectivity index (χ0v) is 18.1. The maximum Gasteiger partial charge on any atom is 0.229 e. The first-order chi connectivity index (χ1) is 15.7. The molecule has 3 heterocycles. The number of carbonyl (C=O) groups is 2. The van der Waals surface area contributed by atoms with Crippen LogP contribution in [0.3, 0.4) is 0 Å². The Morgan fingerprint density at radius 1 is 1.12 bits per heavy atom. The number of fused-ring (bicyclic) bond motifs is 1. The van der Waals surface area contributed by atoms with Crippen molar-refractivity contribution in [2.75, 3.05) is 23.3 Å². The number of amides is 2. The third-order valence-electron chi connectivity index (χ3n) is 6.36. The van der Waals surface area contributed by atoms with Crippen LogP contribution in [-0.2, 0) is 16.1 Å². The molecule has 2 fully saturated rings. The van der Waals surface area contributed by atoms with Crippen molar-refractivity contribution in [3.63, 3.8) is 0 Å². The molecular weight excluding hydrogens is 404 g/mol. The van der Waals surface area contributed by atoms with Crippen molar-refractivity contribution in [3.8, 4) is 0 Å². The number of rotatable bonds is 8. The molecular formula is C24H28N6O2. The minimum atomic E-state index is 0.183. The lowest BCUT2D eigenvalue weighted by Crippen LogP contribution is -2.35. The van der Waals surface area contributed by atoms with Gasteiger partial charge in [-0.15, -0.1) is 0 Å². The van der Waals surface area contributed by atoms with Gasteiger partial charge in [0.05, 0.1) is 0 Å². The molecule has 8 nitrogen and oxygen atoms in total. The Labute approximate surface area is 187 Å². The molecule has 1 aliphatic heterocycles. The van der Waals surface area contributed by atoms with Crippen LogP contribution >= 0.6 is 0 Å². The van der Waals surface area contributed by atoms with E-state index in [4.69, 9.17) is 4.98 Å². The van der Waals surface area contributed by atoms with Gasteiger partial charge in [0.15, 0.2) is 0 Å². The van der Waals surface area contributed by atoms with E-state index in [0.29, 0.717) is 18.9 Å². The third-order valence-corrected chi connectivity index (χ3v) is 6.36. The molecule has 8 heteroatoms. The predicted molar refractivity (Wildman–Crippen MR) is 124 cm³/mol. The summed E-state index contributed by atoms with van der Waals surface area (Å²) < 4.78 is 2.10. The average molecular weight is 433 g/mol. The van der Waals surface area contributed by atoms with Crippen LogP contribution in [0.4, 0.5) is 17.3 Å². The monoisotopic (exact) mass is 432 g/mol. The Hall–Kier alpha value is -3.42. The first-order valence-electron chi connectivity index (χ1n) is 11.4. The summed E-state index contributed by atoms with van der Waals surface area (Å²) >= 11 is 0. The molecule has 0 radical (unpaired) electrons. The number of hydrogen-bond acceptors (Lipinski definition) is 5. The molecule has 3 aromatic rings. The van der Waals surface area contributed by atoms with Crippen molar-refractivity contribution in [3.05, 3.63) is 42.7 Å². The van der Waals surface area contributed by atoms with Gasteiger partial charge < -0.3 is 20.1 Å². The number of hydrogen-bond donors (Lipinski definition) is 2. The van der Waals surface area contributed by atoms with Crippen molar-refractivity contribution in [1.82, 2.24) is 19.9 Å². The molecule has 2 aromatic heterocycles. The summed E-state index contributed by atoms with van der Waals surface area (Å²) in [4.78, 5) is 34.8. The van der Waals surface area contributed by atoms with Crippen LogP contribution in [0.2, 0.25) is 0 Å². The van der Waals surface area contributed by atoms with E-state index < -0.39 is 0 Å². The van der Waals surface area contributed by atoms with Crippen molar-refractivity contribution < 1.29 is 9.59 Å². The van der Waals surface area contributed by atoms with E-state index in [-0.39, 0.29) is 17.7 Å². The van der Waals surface area contributed by atoms with Crippen LogP contribution in [0.1, 0.15) is 38.5 Å². The molecule has 2 N–H and O–H groups in total. The lowest BCUT2D eigenvalue weighted by Gasteiger charge is -2.24. The molecule has 0 atom stereocenters. The summed E-state index contributed by atoms with van der Waals surface area (Å²) in [5.74, 6) is 1.14. The fourth-order valence-corrected chi connectivity index (χ4v) is 4.26. The van der Waals surface area contributed by atoms with Crippen molar-refractivity contribution in [2.24, 2.45) is 5.92 Å². The van der Waals surface area contributed by atoms with Crippen LogP contribution in [0.15, 0.2) is 42.7 Å². The maximum absolute atomic E-state index is 12.0. The van der Waals surface area contributed by atoms with Gasteiger partial charge in [-0.1, -0.05) is 6.42 Å². The highest BCUT2D eigenvalue weighted by Gasteiger charge is 2.24. The zero-order chi connectivity index (χ0) is 21.9. The smallest absolute Gasteiger partial charge is 0.229 e. The van der Waals surface area contributed by atoms with E-state index >= 15 is 0 Å². The topological polar surface area (TPSA) is 92.2 Å². The number of anilines is 3. The van der Waals surface area contributed by atoms with Gasteiger partial charge in [-0.25, -0.2) is 4.98 Å². The van der Waals surface area contributed by atoms with Gasteiger partial charge in [-0.3, -0.25) is 9.59 Å². The van der Waals surface area contributed by atoms with Gasteiger partial charge >= 0.3 is 0 Å². The van der Waals surface area contributed by atoms with E-state index in [9.17, 15) is 9.59 Å². The second-order valence-corrected chi connectivity index (χ2v) is 8.57. The van der Waals surface area contributed by atoms with Crippen LogP contribution < -0.4 is 15.5 Å². The molecule has 166 valence electrons. The number of benzene rings is 1. The molecule has 0 bridgehead atoms. The van der Waals surface area contributed by atoms with Crippen LogP contribution in [0.25, 0.3) is 11.0 Å². The fraction of sp³-hybridized carbons (Fsp3) is 0.417. The highest BCUT2D eigenvalue weighted by Crippen LogP contribution is 2.26. The summed E-state index contributed by atoms with van der Waals surface area (Å²) in [7, 11) is 0. The molecule has 0 spiro atoms. The predicted octanol–water partition coefficient (Wildman–Crippen LogP) is 3.61. The minimum absolute atomic E-state index is 0.183. The summed E-state index contributed by atoms with van der Waals surface area (Å²) in [6, 6.07) is 9.79. The summed E-state index contributed by atoms with van der Waals surface area (Å²) in [6.45, 7) is 2.24. The quantitative estimate of drug-likeness (QED) is 0.531. The number of nitrogens with one attached hydrogen (secondary N) is 2. The lowest BCUT2D eigenvalue weighted by molar-refractivity contribution is -0.127. The Bertz CT molecular complexity index is 1120. The van der Waals surface area contributed by atoms with Crippen molar-refractivity contribution in [2.45, 2.75) is 45.1 Å². The second kappa shape index (κ2) is 8.98. The molecule has 0 unspecified atom stereocenters. The number of aromatic nitrogens is 3. The summed E-state index contributed by atoms with van der Waals surface area (Å²) in [5.41, 5.74) is 2.66. The first kappa shape index (κ1) is 20.5. The molecule has 1 saturated heterocycles. The molecule has 1 saturated carbocycles. The molecule has 32 heavy (non-hydrogen) atoms. The van der Waals surface area contributed by atoms with E-state index in [1.165, 1.54) is 6.42 Å². The van der Waals surface area contributed by atoms with E-state index in [0.717, 1.165) is 61.2 Å². The Kier molecular flexibility index (Phi) is 5.75. The van der Waals surface area contributed by atoms with Crippen molar-refractivity contribution >= 4 is 40.2 Å². The van der Waals surface area contributed by atoms with Gasteiger partial charge in [0, 0.05) is 61.1 Å². The van der Waals surface area contributed by atoms with Gasteiger partial charge in [-0.2, -0.15) is 4.98 Å². The highest BCUT2D eigenvalue weighted by molar-refractivity contribution is 5.95. The van der Waals surface area contributed by atoms with Crippen LogP contribution in [-0.4, -0.2) is 39.4 Å². The van der Waals surface area contributed by atoms with E-state index in [1.807, 2.05) is 47.6 Å². The largest absolute Gasteiger partial charge is 0.356 e. The fourth-order valence-electron chi connectivity index (χ4n) is 4.26. The third kappa shape index (κ3) is 4.30. The molecule has 2 aliphatic rings. The Balaban J connectivity index is 1.20. The summed E-state index contributed by atoms with van der Waals surface area (Å²) in [6.07, 6.45) is 9.45. The van der Waals surface area contributed by atoms with Crippen LogP contribution in [0, 0.1) is 5.92 Å². The van der Waals surface area contributed by atoms with Crippen molar-refractivity contribution in [1.29, 1.82) is 0 Å². The number of nitrogens with zero attached hydrogens (tertiary/aromatic N) is 4. The number of carbonyl (C=O) groups excluding carboxylic acids is 2. The SMILES string of the molecule is O=C(NCCCn1ccc2cnc(Nc3ccc(N4CCCC4=O)cc3)nc21)C1CCC1. The van der Waals surface area contributed by atoms with Gasteiger partial charge in [0.25, 0.3) is 0 Å². The molecule has 1 aliphatic carbocycles. The van der Waals surface area contributed by atoms with E-state index in [2.05, 4.69) is 20.2 Å². The zero-order valence-electron chi connectivity index (χ0n) is 18.1. The maximum atomic E-state index is 12.0. The Morgan fingerprint density at radius 2 is 1.97 bits per heavy atom. The Morgan fingerprint density at radius 3 is 2.69 bits per heavy atom. The average Bonchev–Trinajstić information content (AvgIpc) is 3.36. The second-order valence-electron chi connectivity index (χ2n) is 8.57. The van der Waals surface area contributed by atoms with Gasteiger partial charge in [-0.05, 0) is 56.0 Å². The normalized spacial score (nSPS) is 16.4. The standard InChI is InChI=1S/C24H28N6O2/c31-21-6-2-14-30(21)20-9-7-19(8-10-20)27-24-26-16-18-11-15-29(22(18)28-24)13-3-12-25-23(32)17-4-1-5-17/h7-11,15-17H,1-6,12-14H2,(H,25,32)(H,26,27,28). The van der Waals surface area contributed by atoms with Gasteiger partial charge in [0.2, 0.25) is 17.8 Å². The van der Waals surface area contributed by atoms with Gasteiger partial charge in [0.1, 0.15) is 5.65 Å². The highest BCUT2D eigenvalue weighted by atomic mass is 16.2. The van der Waals surface area contributed by atoms with E-state index in [1.54, 1.807) is 0 Å². The lowest BCUT2D eigenvalue weighted by atomic mass is 9.85. The first-order valence-corrected chi connectivity index (χ1v) is 11.4. The number of aryl methyl sites for hydroxylation is 1. The molecule has 2 amide bonds. The molecule has 1 aromatic carbocycles. The summed E-state index contributed by atoms with van der Waals surface area (Å²) in [5, 5.41) is 7.28. The van der Waals surface area contributed by atoms with Crippen LogP contribution in [0.5, 0.6) is 0 Å².